The van der Waals surface area contributed by atoms with Crippen LogP contribution in [0.15, 0.2) is 53.4 Å². The smallest absolute Gasteiger partial charge is 0.122 e. The van der Waals surface area contributed by atoms with Gasteiger partial charge in [0.25, 0.3) is 0 Å². The van der Waals surface area contributed by atoms with Gasteiger partial charge in [0.05, 0.1) is 0 Å². The Morgan fingerprint density at radius 1 is 1.17 bits per heavy atom. The van der Waals surface area contributed by atoms with Gasteiger partial charge in [0, 0.05) is 4.90 Å². The van der Waals surface area contributed by atoms with E-state index in [1.54, 1.807) is 12.1 Å². The van der Waals surface area contributed by atoms with Crippen LogP contribution in [-0.4, -0.2) is 8.76 Å². The first-order valence-corrected chi connectivity index (χ1v) is 6.61. The first-order valence-electron chi connectivity index (χ1n) is 5.53. The Morgan fingerprint density at radius 3 is 2.50 bits per heavy atom. The molecule has 1 unspecified atom stereocenters. The predicted octanol–water partition coefficient (Wildman–Crippen LogP) is 2.81. The molecule has 2 aromatic rings. The summed E-state index contributed by atoms with van der Waals surface area (Å²) in [7, 11) is 0. The minimum absolute atomic E-state index is 0.277. The van der Waals surface area contributed by atoms with Crippen molar-refractivity contribution in [2.24, 2.45) is 0 Å². The molecule has 2 rings (SSSR count). The summed E-state index contributed by atoms with van der Waals surface area (Å²) in [5.41, 5.74) is 1.89. The van der Waals surface area contributed by atoms with E-state index in [2.05, 4.69) is 0 Å². The van der Waals surface area contributed by atoms with Crippen LogP contribution in [-0.2, 0) is 17.7 Å². The molecule has 0 heterocycles. The van der Waals surface area contributed by atoms with E-state index in [4.69, 9.17) is 4.74 Å². The van der Waals surface area contributed by atoms with Crippen molar-refractivity contribution >= 4 is 11.1 Å². The molecule has 0 aliphatic carbocycles. The van der Waals surface area contributed by atoms with Gasteiger partial charge in [0.2, 0.25) is 0 Å². The molecule has 2 aromatic carbocycles. The Labute approximate surface area is 109 Å². The molecule has 0 saturated heterocycles. The highest BCUT2D eigenvalue weighted by atomic mass is 32.2. The zero-order valence-corrected chi connectivity index (χ0v) is 10.8. The Balaban J connectivity index is 2.08. The second-order valence-corrected chi connectivity index (χ2v) is 4.88. The van der Waals surface area contributed by atoms with Gasteiger partial charge in [-0.05, 0) is 47.3 Å². The Hall–Kier alpha value is -1.65. The lowest BCUT2D eigenvalue weighted by Crippen LogP contribution is -1.98. The molecule has 0 aliphatic heterocycles. The molecule has 18 heavy (non-hydrogen) atoms. The Kier molecular flexibility index (Phi) is 4.12. The maximum atomic E-state index is 10.8. The fourth-order valence-electron chi connectivity index (χ4n) is 1.62. The second kappa shape index (κ2) is 5.80. The highest BCUT2D eigenvalue weighted by Gasteiger charge is 2.02. The van der Waals surface area contributed by atoms with Crippen LogP contribution >= 0.6 is 0 Å². The van der Waals surface area contributed by atoms with Crippen molar-refractivity contribution in [2.45, 2.75) is 18.4 Å². The second-order valence-electron chi connectivity index (χ2n) is 3.94. The summed E-state index contributed by atoms with van der Waals surface area (Å²) in [6.45, 7) is 2.30. The summed E-state index contributed by atoms with van der Waals surface area (Å²) >= 11 is -2.19. The Bertz CT molecular complexity index is 552. The van der Waals surface area contributed by atoms with Gasteiger partial charge in [0.1, 0.15) is 12.4 Å². The average Bonchev–Trinajstić information content (AvgIpc) is 2.38. The number of benzene rings is 2. The monoisotopic (exact) mass is 261 g/mol. The van der Waals surface area contributed by atoms with Crippen LogP contribution < -0.4 is 4.74 Å². The van der Waals surface area contributed by atoms with E-state index < -0.39 is 11.1 Å². The third kappa shape index (κ3) is 3.18. The van der Waals surface area contributed by atoms with Gasteiger partial charge in [-0.1, -0.05) is 30.3 Å². The predicted molar refractivity (Wildman–Crippen MR) is 69.1 cm³/mol. The van der Waals surface area contributed by atoms with Crippen molar-refractivity contribution in [1.29, 1.82) is 0 Å². The molecule has 1 atom stereocenters. The third-order valence-corrected chi connectivity index (χ3v) is 3.21. The number of hydrogen-bond donors (Lipinski definition) is 0. The van der Waals surface area contributed by atoms with Crippen LogP contribution in [0, 0.1) is 6.92 Å². The topological polar surface area (TPSA) is 49.4 Å². The average molecular weight is 261 g/mol. The van der Waals surface area contributed by atoms with Crippen LogP contribution in [0.1, 0.15) is 11.1 Å². The molecule has 0 bridgehead atoms. The van der Waals surface area contributed by atoms with E-state index in [0.717, 1.165) is 11.1 Å². The van der Waals surface area contributed by atoms with Gasteiger partial charge < -0.3 is 9.29 Å². The van der Waals surface area contributed by atoms with Crippen molar-refractivity contribution in [1.82, 2.24) is 0 Å². The minimum Gasteiger partial charge on any atom is -0.768 e. The molecule has 0 aliphatic rings. The van der Waals surface area contributed by atoms with Crippen LogP contribution in [0.2, 0.25) is 0 Å². The summed E-state index contributed by atoms with van der Waals surface area (Å²) < 4.78 is 27.3. The maximum absolute atomic E-state index is 10.8. The molecule has 0 radical (unpaired) electrons. The summed E-state index contributed by atoms with van der Waals surface area (Å²) in [6, 6.07) is 14.6. The van der Waals surface area contributed by atoms with Gasteiger partial charge >= 0.3 is 0 Å². The number of hydrogen-bond acceptors (Lipinski definition) is 3. The van der Waals surface area contributed by atoms with E-state index in [-0.39, 0.29) is 4.90 Å². The molecule has 0 saturated carbocycles. The van der Waals surface area contributed by atoms with Gasteiger partial charge in [-0.2, -0.15) is 0 Å². The van der Waals surface area contributed by atoms with Crippen LogP contribution in [0.3, 0.4) is 0 Å². The summed E-state index contributed by atoms with van der Waals surface area (Å²) in [5, 5.41) is 0. The summed E-state index contributed by atoms with van der Waals surface area (Å²) in [5.74, 6) is 0.702. The highest BCUT2D eigenvalue weighted by molar-refractivity contribution is 7.79. The molecule has 4 heteroatoms. The molecular weight excluding hydrogens is 248 g/mol. The fourth-order valence-corrected chi connectivity index (χ4v) is 2.07. The number of ether oxygens (including phenoxy) is 1. The molecule has 0 N–H and O–H groups in total. The largest absolute Gasteiger partial charge is 0.768 e. The molecule has 94 valence electrons. The number of rotatable bonds is 4. The van der Waals surface area contributed by atoms with E-state index in [1.165, 1.54) is 6.07 Å². The number of aryl methyl sites for hydroxylation is 1. The SMILES string of the molecule is Cc1cc(S(=O)[O-])ccc1OCc1ccccc1. The quantitative estimate of drug-likeness (QED) is 0.795. The fraction of sp³-hybridized carbons (Fsp3) is 0.143. The van der Waals surface area contributed by atoms with Gasteiger partial charge in [-0.25, -0.2) is 0 Å². The van der Waals surface area contributed by atoms with Crippen LogP contribution in [0.4, 0.5) is 0 Å². The lowest BCUT2D eigenvalue weighted by Gasteiger charge is -2.11. The zero-order chi connectivity index (χ0) is 13.0. The van der Waals surface area contributed by atoms with Crippen molar-refractivity contribution in [2.75, 3.05) is 0 Å². The molecule has 0 fully saturated rings. The van der Waals surface area contributed by atoms with Crippen molar-refractivity contribution in [3.05, 3.63) is 59.7 Å². The summed E-state index contributed by atoms with van der Waals surface area (Å²) in [4.78, 5) is 0.277. The molecule has 0 aromatic heterocycles. The van der Waals surface area contributed by atoms with E-state index in [9.17, 15) is 8.76 Å². The van der Waals surface area contributed by atoms with Crippen LogP contribution in [0.25, 0.3) is 0 Å². The Morgan fingerprint density at radius 2 is 1.89 bits per heavy atom. The van der Waals surface area contributed by atoms with Gasteiger partial charge in [-0.3, -0.25) is 4.21 Å². The molecular formula is C14H13O3S-. The molecule has 0 spiro atoms. The molecule has 3 nitrogen and oxygen atoms in total. The van der Waals surface area contributed by atoms with Crippen molar-refractivity contribution < 1.29 is 13.5 Å². The minimum atomic E-state index is -2.19. The van der Waals surface area contributed by atoms with E-state index in [1.807, 2.05) is 37.3 Å². The zero-order valence-electron chi connectivity index (χ0n) is 9.96. The third-order valence-electron chi connectivity index (χ3n) is 2.58. The first-order chi connectivity index (χ1) is 8.66. The van der Waals surface area contributed by atoms with E-state index in [0.29, 0.717) is 12.4 Å². The van der Waals surface area contributed by atoms with Gasteiger partial charge in [0.15, 0.2) is 0 Å². The van der Waals surface area contributed by atoms with Gasteiger partial charge in [-0.15, -0.1) is 0 Å². The van der Waals surface area contributed by atoms with Crippen molar-refractivity contribution in [3.8, 4) is 5.75 Å². The maximum Gasteiger partial charge on any atom is 0.122 e. The van der Waals surface area contributed by atoms with E-state index >= 15 is 0 Å². The molecule has 0 amide bonds. The highest BCUT2D eigenvalue weighted by Crippen LogP contribution is 2.21. The first kappa shape index (κ1) is 12.8. The lowest BCUT2D eigenvalue weighted by atomic mass is 10.2. The summed E-state index contributed by atoms with van der Waals surface area (Å²) in [6.07, 6.45) is 0. The normalized spacial score (nSPS) is 12.1. The van der Waals surface area contributed by atoms with Crippen LogP contribution in [0.5, 0.6) is 5.75 Å². The standard InChI is InChI=1S/C14H14O3S/c1-11-9-13(18(15)16)7-8-14(11)17-10-12-5-3-2-4-6-12/h2-9H,10H2,1H3,(H,15,16)/p-1. The lowest BCUT2D eigenvalue weighted by molar-refractivity contribution is 0.304. The van der Waals surface area contributed by atoms with Crippen molar-refractivity contribution in [3.63, 3.8) is 0 Å².